The van der Waals surface area contributed by atoms with E-state index in [1.165, 1.54) is 17.0 Å². The van der Waals surface area contributed by atoms with Crippen LogP contribution in [0.25, 0.3) is 0 Å². The third-order valence-corrected chi connectivity index (χ3v) is 7.60. The van der Waals surface area contributed by atoms with E-state index in [2.05, 4.69) is 16.3 Å². The van der Waals surface area contributed by atoms with Gasteiger partial charge in [0.05, 0.1) is 31.4 Å². The van der Waals surface area contributed by atoms with E-state index in [1.807, 2.05) is 18.4 Å². The third kappa shape index (κ3) is 8.35. The number of benzene rings is 2. The summed E-state index contributed by atoms with van der Waals surface area (Å²) in [5.74, 6) is -0.549. The maximum absolute atomic E-state index is 13.7. The first-order valence-corrected chi connectivity index (χ1v) is 13.7. The van der Waals surface area contributed by atoms with Crippen LogP contribution < -0.4 is 5.32 Å². The van der Waals surface area contributed by atoms with Gasteiger partial charge in [-0.05, 0) is 59.8 Å². The maximum Gasteiger partial charge on any atom is 0.322 e. The van der Waals surface area contributed by atoms with E-state index in [9.17, 15) is 19.2 Å². The molecule has 1 aromatic heterocycles. The van der Waals surface area contributed by atoms with Crippen LogP contribution in [-0.4, -0.2) is 72.6 Å². The number of morpholine rings is 1. The topological polar surface area (TPSA) is 88.9 Å². The van der Waals surface area contributed by atoms with Crippen molar-refractivity contribution in [2.24, 2.45) is 0 Å². The van der Waals surface area contributed by atoms with Crippen LogP contribution in [0.4, 0.5) is 14.9 Å². The Labute approximate surface area is 232 Å². The van der Waals surface area contributed by atoms with Crippen LogP contribution in [0.5, 0.6) is 0 Å². The Morgan fingerprint density at radius 3 is 2.56 bits per heavy atom. The van der Waals surface area contributed by atoms with Crippen LogP contribution in [0.1, 0.15) is 21.6 Å². The average molecular weight is 550 g/mol. The molecule has 1 aliphatic rings. The summed E-state index contributed by atoms with van der Waals surface area (Å²) in [6, 6.07) is 16.4. The van der Waals surface area contributed by atoms with Crippen molar-refractivity contribution in [1.82, 2.24) is 14.7 Å². The number of nitrogens with zero attached hydrogens (tertiary/aromatic N) is 4. The first-order chi connectivity index (χ1) is 18.9. The van der Waals surface area contributed by atoms with Gasteiger partial charge in [0.2, 0.25) is 5.91 Å². The maximum atomic E-state index is 13.7. The number of thiophene rings is 1. The van der Waals surface area contributed by atoms with Gasteiger partial charge in [0.1, 0.15) is 12.4 Å². The Balaban J connectivity index is 1.52. The van der Waals surface area contributed by atoms with Crippen LogP contribution in [0, 0.1) is 24.1 Å². The van der Waals surface area contributed by atoms with Gasteiger partial charge in [0.25, 0.3) is 0 Å². The number of amides is 3. The van der Waals surface area contributed by atoms with Crippen LogP contribution in [0.3, 0.4) is 0 Å². The summed E-state index contributed by atoms with van der Waals surface area (Å²) >= 11 is 1.58. The molecule has 3 aromatic rings. The zero-order chi connectivity index (χ0) is 27.6. The summed E-state index contributed by atoms with van der Waals surface area (Å²) in [7, 11) is 0. The van der Waals surface area contributed by atoms with Gasteiger partial charge >= 0.3 is 6.03 Å². The number of ether oxygens (including phenoxy) is 1. The van der Waals surface area contributed by atoms with Gasteiger partial charge in [-0.25, -0.2) is 9.18 Å². The highest BCUT2D eigenvalue weighted by Crippen LogP contribution is 2.20. The number of hydrogen-bond donors (Lipinski definition) is 1. The van der Waals surface area contributed by atoms with Crippen LogP contribution in [0.2, 0.25) is 0 Å². The molecule has 1 N–H and O–H groups in total. The predicted octanol–water partition coefficient (Wildman–Crippen LogP) is 4.46. The number of carbonyl (C=O) groups is 2. The smallest absolute Gasteiger partial charge is 0.322 e. The quantitative estimate of drug-likeness (QED) is 0.403. The highest BCUT2D eigenvalue weighted by molar-refractivity contribution is 7.10. The summed E-state index contributed by atoms with van der Waals surface area (Å²) in [6.45, 7) is 6.31. The molecule has 2 heterocycles. The van der Waals surface area contributed by atoms with Crippen molar-refractivity contribution < 1.29 is 18.7 Å². The SMILES string of the molecule is Cc1ccsc1CN(Cc1ccc(F)cc1)C(=O)CN(CCN1CCOCC1)C(=O)Nc1cccc(C#N)c1. The lowest BCUT2D eigenvalue weighted by atomic mass is 10.2. The molecule has 0 radical (unpaired) electrons. The summed E-state index contributed by atoms with van der Waals surface area (Å²) < 4.78 is 18.9. The minimum atomic E-state index is -0.416. The second-order valence-electron chi connectivity index (χ2n) is 9.40. The molecule has 0 spiro atoms. The largest absolute Gasteiger partial charge is 0.379 e. The molecular formula is C29H32FN5O3S. The Morgan fingerprint density at radius 2 is 1.87 bits per heavy atom. The number of carbonyl (C=O) groups excluding carboxylic acids is 2. The lowest BCUT2D eigenvalue weighted by Gasteiger charge is -2.31. The number of nitrogens with one attached hydrogen (secondary N) is 1. The Kier molecular flexibility index (Phi) is 10.0. The first-order valence-electron chi connectivity index (χ1n) is 12.8. The fourth-order valence-electron chi connectivity index (χ4n) is 4.25. The number of halogens is 1. The minimum Gasteiger partial charge on any atom is -0.379 e. The van der Waals surface area contributed by atoms with Crippen LogP contribution in [0.15, 0.2) is 60.0 Å². The van der Waals surface area contributed by atoms with Crippen molar-refractivity contribution in [2.45, 2.75) is 20.0 Å². The van der Waals surface area contributed by atoms with Gasteiger partial charge in [-0.2, -0.15) is 5.26 Å². The van der Waals surface area contributed by atoms with Gasteiger partial charge in [-0.1, -0.05) is 18.2 Å². The van der Waals surface area contributed by atoms with E-state index in [0.717, 1.165) is 29.1 Å². The van der Waals surface area contributed by atoms with Crippen LogP contribution in [-0.2, 0) is 22.6 Å². The normalized spacial score (nSPS) is 13.5. The molecule has 0 aliphatic carbocycles. The molecule has 39 heavy (non-hydrogen) atoms. The predicted molar refractivity (Wildman–Crippen MR) is 149 cm³/mol. The number of nitriles is 1. The number of rotatable bonds is 10. The van der Waals surface area contributed by atoms with E-state index < -0.39 is 6.03 Å². The van der Waals surface area contributed by atoms with E-state index in [1.54, 1.807) is 52.6 Å². The molecule has 4 rings (SSSR count). The fraction of sp³-hybridized carbons (Fsp3) is 0.345. The molecule has 204 valence electrons. The molecule has 0 saturated carbocycles. The lowest BCUT2D eigenvalue weighted by Crippen LogP contribution is -2.48. The summed E-state index contributed by atoms with van der Waals surface area (Å²) in [4.78, 5) is 33.6. The van der Waals surface area contributed by atoms with Gasteiger partial charge in [0, 0.05) is 43.3 Å². The Morgan fingerprint density at radius 1 is 1.10 bits per heavy atom. The molecule has 3 amide bonds. The Hall–Kier alpha value is -3.78. The fourth-order valence-corrected chi connectivity index (χ4v) is 5.17. The zero-order valence-corrected chi connectivity index (χ0v) is 22.8. The molecule has 10 heteroatoms. The zero-order valence-electron chi connectivity index (χ0n) is 21.9. The molecule has 0 atom stereocenters. The number of urea groups is 1. The molecule has 1 fully saturated rings. The van der Waals surface area contributed by atoms with E-state index in [0.29, 0.717) is 50.6 Å². The summed E-state index contributed by atoms with van der Waals surface area (Å²) in [6.07, 6.45) is 0. The third-order valence-electron chi connectivity index (χ3n) is 6.59. The average Bonchev–Trinajstić information content (AvgIpc) is 3.36. The van der Waals surface area contributed by atoms with Gasteiger partial charge in [-0.3, -0.25) is 9.69 Å². The standard InChI is InChI=1S/C29H32FN5O3S/c1-22-9-16-39-27(22)20-35(19-23-5-7-25(30)8-6-23)28(36)21-34(11-10-33-12-14-38-15-13-33)29(37)32-26-4-2-3-24(17-26)18-31/h2-9,16-17H,10-15,19-21H2,1H3,(H,32,37). The summed E-state index contributed by atoms with van der Waals surface area (Å²) in [5, 5.41) is 14.0. The highest BCUT2D eigenvalue weighted by atomic mass is 32.1. The second-order valence-corrected chi connectivity index (χ2v) is 10.4. The molecule has 1 aliphatic heterocycles. The molecule has 0 unspecified atom stereocenters. The molecule has 2 aromatic carbocycles. The van der Waals surface area contributed by atoms with Gasteiger partial charge in [-0.15, -0.1) is 11.3 Å². The van der Waals surface area contributed by atoms with Crippen molar-refractivity contribution >= 4 is 29.0 Å². The van der Waals surface area contributed by atoms with Crippen molar-refractivity contribution in [3.63, 3.8) is 0 Å². The highest BCUT2D eigenvalue weighted by Gasteiger charge is 2.24. The number of anilines is 1. The molecule has 1 saturated heterocycles. The van der Waals surface area contributed by atoms with E-state index in [4.69, 9.17) is 4.74 Å². The molecule has 8 nitrogen and oxygen atoms in total. The van der Waals surface area contributed by atoms with Crippen molar-refractivity contribution in [3.8, 4) is 6.07 Å². The van der Waals surface area contributed by atoms with E-state index in [-0.39, 0.29) is 18.3 Å². The molecule has 0 bridgehead atoms. The first kappa shape index (κ1) is 28.2. The minimum absolute atomic E-state index is 0.125. The van der Waals surface area contributed by atoms with Crippen molar-refractivity contribution in [2.75, 3.05) is 51.3 Å². The van der Waals surface area contributed by atoms with Crippen molar-refractivity contribution in [1.29, 1.82) is 5.26 Å². The van der Waals surface area contributed by atoms with Crippen LogP contribution >= 0.6 is 11.3 Å². The van der Waals surface area contributed by atoms with Crippen molar-refractivity contribution in [3.05, 3.63) is 87.4 Å². The second kappa shape index (κ2) is 13.8. The van der Waals surface area contributed by atoms with Gasteiger partial charge in [0.15, 0.2) is 0 Å². The number of aryl methyl sites for hydroxylation is 1. The van der Waals surface area contributed by atoms with E-state index >= 15 is 0 Å². The van der Waals surface area contributed by atoms with Gasteiger partial charge < -0.3 is 19.9 Å². The molecular weight excluding hydrogens is 517 g/mol. The lowest BCUT2D eigenvalue weighted by molar-refractivity contribution is -0.133. The Bertz CT molecular complexity index is 1300. The summed E-state index contributed by atoms with van der Waals surface area (Å²) in [5.41, 5.74) is 2.81. The monoisotopic (exact) mass is 549 g/mol. The number of hydrogen-bond acceptors (Lipinski definition) is 6.